The van der Waals surface area contributed by atoms with Gasteiger partial charge in [-0.3, -0.25) is 0 Å². The molecule has 0 N–H and O–H groups in total. The first kappa shape index (κ1) is 12.3. The lowest BCUT2D eigenvalue weighted by molar-refractivity contribution is -0.241. The minimum Gasteiger partial charge on any atom is -0.133 e. The molecule has 0 aromatic rings. The van der Waals surface area contributed by atoms with Crippen molar-refractivity contribution < 1.29 is 5.21 Å². The molecule has 1 heterocycles. The first-order valence-corrected chi connectivity index (χ1v) is 6.03. The van der Waals surface area contributed by atoms with Gasteiger partial charge in [0, 0.05) is 5.25 Å². The summed E-state index contributed by atoms with van der Waals surface area (Å²) in [4.78, 5) is -0.290. The van der Waals surface area contributed by atoms with E-state index >= 15 is 0 Å². The van der Waals surface area contributed by atoms with E-state index in [2.05, 4.69) is 34.6 Å². The van der Waals surface area contributed by atoms with Crippen LogP contribution in [0.5, 0.6) is 0 Å². The molecule has 0 saturated carbocycles. The highest BCUT2D eigenvalue weighted by atomic mass is 32.2. The Morgan fingerprint density at radius 2 is 1.57 bits per heavy atom. The second-order valence-electron chi connectivity index (χ2n) is 6.26. The van der Waals surface area contributed by atoms with Crippen LogP contribution in [0.25, 0.3) is 0 Å². The zero-order chi connectivity index (χ0) is 11.4. The van der Waals surface area contributed by atoms with E-state index in [1.165, 1.54) is 5.06 Å². The highest BCUT2D eigenvalue weighted by Gasteiger charge is 2.56. The largest absolute Gasteiger partial charge is 0.133 e. The third-order valence-corrected chi connectivity index (χ3v) is 5.11. The first-order chi connectivity index (χ1) is 5.99. The van der Waals surface area contributed by atoms with Crippen LogP contribution < -0.4 is 0 Å². The maximum Gasteiger partial charge on any atom is 0.0897 e. The van der Waals surface area contributed by atoms with Crippen LogP contribution in [-0.4, -0.2) is 20.7 Å². The molecular formula is C11H22NOS. The molecule has 0 aromatic carbocycles. The van der Waals surface area contributed by atoms with Crippen LogP contribution in [0.3, 0.4) is 0 Å². The molecule has 1 rings (SSSR count). The third-order valence-electron chi connectivity index (χ3n) is 2.85. The summed E-state index contributed by atoms with van der Waals surface area (Å²) in [6.07, 6.45) is 0. The van der Waals surface area contributed by atoms with Crippen molar-refractivity contribution in [1.82, 2.24) is 5.06 Å². The number of hydrogen-bond donors (Lipinski definition) is 0. The van der Waals surface area contributed by atoms with Crippen LogP contribution in [0.2, 0.25) is 0 Å². The predicted octanol–water partition coefficient (Wildman–Crippen LogP) is 3.31. The molecule has 1 aliphatic heterocycles. The smallest absolute Gasteiger partial charge is 0.0897 e. The standard InChI is InChI=1S/C11H22NOS/c1-9(2,3)8-10(4,5)12(13)11(6,7)14-8/h8H,1-7H3. The Hall–Kier alpha value is 0.270. The van der Waals surface area contributed by atoms with Gasteiger partial charge in [-0.05, 0) is 33.1 Å². The summed E-state index contributed by atoms with van der Waals surface area (Å²) in [5, 5.41) is 13.7. The van der Waals surface area contributed by atoms with Gasteiger partial charge in [-0.25, -0.2) is 0 Å². The lowest BCUT2D eigenvalue weighted by Crippen LogP contribution is -2.50. The quantitative estimate of drug-likeness (QED) is 0.620. The second-order valence-corrected chi connectivity index (χ2v) is 7.96. The van der Waals surface area contributed by atoms with Crippen molar-refractivity contribution in [2.24, 2.45) is 5.41 Å². The van der Waals surface area contributed by atoms with Gasteiger partial charge in [0.25, 0.3) is 0 Å². The van der Waals surface area contributed by atoms with Crippen molar-refractivity contribution in [2.45, 2.75) is 64.1 Å². The Morgan fingerprint density at radius 3 is 1.71 bits per heavy atom. The van der Waals surface area contributed by atoms with Gasteiger partial charge < -0.3 is 0 Å². The minimum atomic E-state index is -0.290. The summed E-state index contributed by atoms with van der Waals surface area (Å²) in [7, 11) is 0. The van der Waals surface area contributed by atoms with Crippen LogP contribution in [0.4, 0.5) is 0 Å². The molecule has 0 spiro atoms. The van der Waals surface area contributed by atoms with Gasteiger partial charge in [0.2, 0.25) is 0 Å². The molecule has 0 aliphatic carbocycles. The molecule has 1 atom stereocenters. The highest BCUT2D eigenvalue weighted by Crippen LogP contribution is 2.54. The molecule has 0 aromatic heterocycles. The van der Waals surface area contributed by atoms with E-state index < -0.39 is 0 Å². The summed E-state index contributed by atoms with van der Waals surface area (Å²) < 4.78 is 0. The van der Waals surface area contributed by atoms with E-state index in [0.29, 0.717) is 5.25 Å². The van der Waals surface area contributed by atoms with Crippen molar-refractivity contribution in [2.75, 3.05) is 0 Å². The van der Waals surface area contributed by atoms with Crippen molar-refractivity contribution >= 4 is 11.8 Å². The lowest BCUT2D eigenvalue weighted by atomic mass is 9.80. The van der Waals surface area contributed by atoms with E-state index in [1.54, 1.807) is 11.8 Å². The number of hydrogen-bond acceptors (Lipinski definition) is 2. The minimum absolute atomic E-state index is 0.171. The monoisotopic (exact) mass is 216 g/mol. The highest BCUT2D eigenvalue weighted by molar-refractivity contribution is 8.01. The van der Waals surface area contributed by atoms with Gasteiger partial charge in [0.05, 0.1) is 10.4 Å². The summed E-state index contributed by atoms with van der Waals surface area (Å²) in [5.41, 5.74) is -0.100. The normalized spacial score (nSPS) is 32.1. The van der Waals surface area contributed by atoms with Crippen molar-refractivity contribution in [1.29, 1.82) is 0 Å². The Balaban J connectivity index is 3.03. The molecular weight excluding hydrogens is 194 g/mol. The van der Waals surface area contributed by atoms with Crippen LogP contribution in [0, 0.1) is 5.41 Å². The van der Waals surface area contributed by atoms with Crippen molar-refractivity contribution in [3.63, 3.8) is 0 Å². The summed E-state index contributed by atoms with van der Waals surface area (Å²) in [5.74, 6) is 0. The van der Waals surface area contributed by atoms with Crippen LogP contribution in [-0.2, 0) is 5.21 Å². The molecule has 0 bridgehead atoms. The first-order valence-electron chi connectivity index (χ1n) is 5.15. The van der Waals surface area contributed by atoms with Gasteiger partial charge in [0.1, 0.15) is 0 Å². The number of rotatable bonds is 0. The van der Waals surface area contributed by atoms with Crippen LogP contribution in [0.15, 0.2) is 0 Å². The van der Waals surface area contributed by atoms with Crippen LogP contribution in [0.1, 0.15) is 48.5 Å². The average Bonchev–Trinajstić information content (AvgIpc) is 2.10. The van der Waals surface area contributed by atoms with E-state index in [0.717, 1.165) is 0 Å². The van der Waals surface area contributed by atoms with E-state index in [4.69, 9.17) is 0 Å². The van der Waals surface area contributed by atoms with Crippen molar-refractivity contribution in [3.05, 3.63) is 0 Å². The summed E-state index contributed by atoms with van der Waals surface area (Å²) in [6.45, 7) is 14.8. The molecule has 14 heavy (non-hydrogen) atoms. The Morgan fingerprint density at radius 1 is 1.14 bits per heavy atom. The lowest BCUT2D eigenvalue weighted by Gasteiger charge is -2.37. The number of hydroxylamine groups is 2. The zero-order valence-electron chi connectivity index (χ0n) is 10.3. The molecule has 1 saturated heterocycles. The SMILES string of the molecule is CC(C)(C)C1SC(C)(C)N([O])C1(C)C. The zero-order valence-corrected chi connectivity index (χ0v) is 11.2. The molecule has 1 radical (unpaired) electrons. The fourth-order valence-electron chi connectivity index (χ4n) is 2.52. The van der Waals surface area contributed by atoms with Gasteiger partial charge >= 0.3 is 0 Å². The van der Waals surface area contributed by atoms with E-state index in [1.807, 2.05) is 13.8 Å². The average molecular weight is 216 g/mol. The van der Waals surface area contributed by atoms with Gasteiger partial charge in [-0.2, -0.15) is 0 Å². The topological polar surface area (TPSA) is 23.1 Å². The molecule has 3 heteroatoms. The molecule has 0 amide bonds. The van der Waals surface area contributed by atoms with E-state index in [9.17, 15) is 5.21 Å². The third kappa shape index (κ3) is 1.82. The molecule has 1 aliphatic rings. The Labute approximate surface area is 92.0 Å². The van der Waals surface area contributed by atoms with Crippen LogP contribution >= 0.6 is 11.8 Å². The van der Waals surface area contributed by atoms with E-state index in [-0.39, 0.29) is 15.8 Å². The second kappa shape index (κ2) is 3.13. The molecule has 1 fully saturated rings. The summed E-state index contributed by atoms with van der Waals surface area (Å²) >= 11 is 1.80. The van der Waals surface area contributed by atoms with Gasteiger partial charge in [-0.1, -0.05) is 20.8 Å². The number of thioether (sulfide) groups is 1. The molecule has 83 valence electrons. The predicted molar refractivity (Wildman–Crippen MR) is 61.5 cm³/mol. The Bertz CT molecular complexity index is 230. The Kier molecular flexibility index (Phi) is 2.76. The molecule has 1 unspecified atom stereocenters. The summed E-state index contributed by atoms with van der Waals surface area (Å²) in [6, 6.07) is 0. The maximum atomic E-state index is 12.1. The fraction of sp³-hybridized carbons (Fsp3) is 1.00. The van der Waals surface area contributed by atoms with Gasteiger partial charge in [0.15, 0.2) is 0 Å². The number of nitrogens with zero attached hydrogens (tertiary/aromatic N) is 1. The maximum absolute atomic E-state index is 12.1. The van der Waals surface area contributed by atoms with Crippen molar-refractivity contribution in [3.8, 4) is 0 Å². The van der Waals surface area contributed by atoms with Gasteiger partial charge in [-0.15, -0.1) is 22.0 Å². The molecule has 2 nitrogen and oxygen atoms in total. The fourth-order valence-corrected chi connectivity index (χ4v) is 4.16.